The van der Waals surface area contributed by atoms with Gasteiger partial charge in [-0.15, -0.1) is 0 Å². The summed E-state index contributed by atoms with van der Waals surface area (Å²) in [4.78, 5) is 23.6. The van der Waals surface area contributed by atoms with Crippen molar-refractivity contribution in [3.8, 4) is 22.3 Å². The second-order valence-electron chi connectivity index (χ2n) is 12.0. The smallest absolute Gasteiger partial charge is 0.340 e. The quantitative estimate of drug-likeness (QED) is 0.155. The second kappa shape index (κ2) is 20.2. The first-order chi connectivity index (χ1) is 29.9. The second-order valence-corrected chi connectivity index (χ2v) is 12.0. The third-order valence-electron chi connectivity index (χ3n) is 8.62. The van der Waals surface area contributed by atoms with Gasteiger partial charge in [-0.25, -0.2) is 9.59 Å². The Bertz CT molecular complexity index is 2810. The first-order valence-corrected chi connectivity index (χ1v) is 17.0. The Kier molecular flexibility index (Phi) is 11.5. The lowest BCUT2D eigenvalue weighted by Crippen LogP contribution is -2.11. The van der Waals surface area contributed by atoms with Crippen molar-refractivity contribution in [1.29, 1.82) is 0 Å². The number of aromatic amines is 1. The topological polar surface area (TPSA) is 119 Å². The molecule has 0 aliphatic heterocycles. The number of methoxy groups -OCH3 is 2. The molecule has 0 amide bonds. The summed E-state index contributed by atoms with van der Waals surface area (Å²) < 4.78 is 73.4. The molecule has 0 bridgehead atoms. The van der Waals surface area contributed by atoms with Crippen LogP contribution in [0.3, 0.4) is 0 Å². The van der Waals surface area contributed by atoms with E-state index in [1.807, 2.05) is 66.7 Å². The summed E-state index contributed by atoms with van der Waals surface area (Å²) in [7, 11) is 2.61. The van der Waals surface area contributed by atoms with Crippen LogP contribution in [0.15, 0.2) is 158 Å². The van der Waals surface area contributed by atoms with Gasteiger partial charge in [0.2, 0.25) is 0 Å². The van der Waals surface area contributed by atoms with Crippen LogP contribution in [-0.4, -0.2) is 51.2 Å². The Morgan fingerprint density at radius 3 is 1.68 bits per heavy atom. The number of carbonyl (C=O) groups excluding carboxylic acids is 2. The van der Waals surface area contributed by atoms with Crippen molar-refractivity contribution >= 4 is 33.7 Å². The van der Waals surface area contributed by atoms with Gasteiger partial charge in [0, 0.05) is 19.0 Å². The molecule has 9 heteroatoms. The van der Waals surface area contributed by atoms with Crippen molar-refractivity contribution in [1.82, 2.24) is 20.0 Å². The van der Waals surface area contributed by atoms with E-state index in [0.717, 1.165) is 32.3 Å². The van der Waals surface area contributed by atoms with Crippen molar-refractivity contribution in [3.63, 3.8) is 0 Å². The molecule has 0 saturated carbocycles. The van der Waals surface area contributed by atoms with Crippen molar-refractivity contribution in [2.45, 2.75) is 40.7 Å². The van der Waals surface area contributed by atoms with E-state index in [-0.39, 0.29) is 43.0 Å². The summed E-state index contributed by atoms with van der Waals surface area (Å²) in [5.74, 6) is -0.977. The molecule has 0 radical (unpaired) electrons. The predicted octanol–water partition coefficient (Wildman–Crippen LogP) is 11.1. The third-order valence-corrected chi connectivity index (χ3v) is 8.62. The molecular weight excluding hydrogens is 713 g/mol. The third kappa shape index (κ3) is 10.1. The van der Waals surface area contributed by atoms with Crippen LogP contribution in [-0.2, 0) is 9.47 Å². The summed E-state index contributed by atoms with van der Waals surface area (Å²) in [5.41, 5.74) is 5.71. The Labute approximate surface area is 345 Å². The fourth-order valence-electron chi connectivity index (χ4n) is 5.80. The number of nitrogens with zero attached hydrogens (tertiary/aromatic N) is 3. The van der Waals surface area contributed by atoms with Crippen LogP contribution >= 0.6 is 0 Å². The number of hydrogen-bond acceptors (Lipinski definition) is 7. The molecule has 6 aromatic carbocycles. The summed E-state index contributed by atoms with van der Waals surface area (Å²) in [6.45, 7) is -5.55. The van der Waals surface area contributed by atoms with E-state index < -0.39 is 31.8 Å². The number of esters is 2. The standard InChI is InChI=1S/C23H20N2O2.C14H14O.C9H8N2O2.2CH4/c1-16(17-11-13-19(14-12-17)18-7-4-3-5-8-18)25-22-20(15-24-25)9-6-10-21(22)23(26)27-2;1-11(15)12-7-9-14(10-8-12)13-5-3-2-4-6-13;1-13-9(12)7-4-2-3-6-5-10-11-8(6)7;;/h3-16H,1-2H3;2-11,15H,1H3;2-5H,1H3,(H,10,11);2*1H4/i1D3,16D;1D3,11D;;;. The van der Waals surface area contributed by atoms with Gasteiger partial charge in [-0.1, -0.05) is 148 Å². The van der Waals surface area contributed by atoms with Crippen LogP contribution in [0.1, 0.15) is 83.5 Å². The van der Waals surface area contributed by atoms with Crippen LogP contribution < -0.4 is 0 Å². The molecule has 8 aromatic rings. The van der Waals surface area contributed by atoms with E-state index >= 15 is 0 Å². The zero-order valence-corrected chi connectivity index (χ0v) is 29.9. The number of H-pyrrole nitrogens is 1. The van der Waals surface area contributed by atoms with Gasteiger partial charge in [0.15, 0.2) is 0 Å². The molecule has 2 heterocycles. The molecule has 8 rings (SSSR count). The van der Waals surface area contributed by atoms with Gasteiger partial charge in [-0.3, -0.25) is 9.78 Å². The maximum Gasteiger partial charge on any atom is 0.340 e. The maximum atomic E-state index is 12.3. The summed E-state index contributed by atoms with van der Waals surface area (Å²) >= 11 is 0. The maximum absolute atomic E-state index is 12.3. The molecule has 292 valence electrons. The molecule has 0 saturated heterocycles. The highest BCUT2D eigenvalue weighted by atomic mass is 16.5. The van der Waals surface area contributed by atoms with Crippen molar-refractivity contribution in [3.05, 3.63) is 180 Å². The van der Waals surface area contributed by atoms with Gasteiger partial charge in [0.1, 0.15) is 0 Å². The zero-order valence-electron chi connectivity index (χ0n) is 37.9. The number of aromatic nitrogens is 4. The Morgan fingerprint density at radius 2 is 1.14 bits per heavy atom. The number of rotatable bonds is 7. The first kappa shape index (κ1) is 32.4. The Morgan fingerprint density at radius 1 is 0.632 bits per heavy atom. The summed E-state index contributed by atoms with van der Waals surface area (Å²) in [5, 5.41) is 22.1. The minimum absolute atomic E-state index is 0. The highest BCUT2D eigenvalue weighted by Gasteiger charge is 2.19. The van der Waals surface area contributed by atoms with E-state index in [2.05, 4.69) is 20.0 Å². The van der Waals surface area contributed by atoms with Crippen molar-refractivity contribution in [2.24, 2.45) is 0 Å². The number of hydrogen-bond donors (Lipinski definition) is 2. The molecular formula is C48H50N4O5. The monoisotopic (exact) mass is 770 g/mol. The first-order valence-electron chi connectivity index (χ1n) is 21.0. The van der Waals surface area contributed by atoms with Gasteiger partial charge in [-0.2, -0.15) is 10.2 Å². The number of para-hydroxylation sites is 2. The number of fused-ring (bicyclic) bond motifs is 2. The summed E-state index contributed by atoms with van der Waals surface area (Å²) in [6, 6.07) is 40.5. The van der Waals surface area contributed by atoms with Crippen LogP contribution in [0, 0.1) is 0 Å². The zero-order chi connectivity index (χ0) is 45.6. The van der Waals surface area contributed by atoms with E-state index in [1.54, 1.807) is 66.9 Å². The number of benzene rings is 6. The number of ether oxygens (including phenoxy) is 2. The molecule has 0 spiro atoms. The highest BCUT2D eigenvalue weighted by Crippen LogP contribution is 2.28. The molecule has 57 heavy (non-hydrogen) atoms. The fraction of sp³-hybridized carbons (Fsp3) is 0.167. The average Bonchev–Trinajstić information content (AvgIpc) is 3.97. The minimum Gasteiger partial charge on any atom is -0.465 e. The minimum atomic E-state index is -2.78. The highest BCUT2D eigenvalue weighted by molar-refractivity contribution is 6.03. The van der Waals surface area contributed by atoms with E-state index in [4.69, 9.17) is 15.7 Å². The number of carbonyl (C=O) groups is 2. The van der Waals surface area contributed by atoms with Gasteiger partial charge in [-0.05, 0) is 59.2 Å². The van der Waals surface area contributed by atoms with Crippen LogP contribution in [0.4, 0.5) is 0 Å². The molecule has 2 N–H and O–H groups in total. The van der Waals surface area contributed by atoms with Gasteiger partial charge in [0.05, 0.1) is 63.6 Å². The van der Waals surface area contributed by atoms with Crippen molar-refractivity contribution < 1.29 is 35.1 Å². The molecule has 0 fully saturated rings. The Hall–Kier alpha value is -6.84. The molecule has 2 aromatic heterocycles. The van der Waals surface area contributed by atoms with Gasteiger partial charge in [0.25, 0.3) is 0 Å². The normalized spacial score (nSPS) is 14.9. The molecule has 2 atom stereocenters. The lowest BCUT2D eigenvalue weighted by molar-refractivity contribution is 0.0593. The van der Waals surface area contributed by atoms with E-state index in [1.165, 1.54) is 38.6 Å². The SMILES string of the molecule is C.C.COC(=O)c1cccc2cn[nH]c12.[2H]C([2H])([2H])C([2H])(O)c1ccc(-c2ccccc2)cc1.[2H]C([2H])([2H])C([2H])(c1ccc(-c2ccccc2)cc1)n1ncc2cccc(C(=O)OC)c21. The number of aliphatic hydroxyl groups is 1. The van der Waals surface area contributed by atoms with Crippen LogP contribution in [0.2, 0.25) is 0 Å². The molecule has 9 nitrogen and oxygen atoms in total. The van der Waals surface area contributed by atoms with E-state index in [0.29, 0.717) is 16.5 Å². The van der Waals surface area contributed by atoms with E-state index in [9.17, 15) is 14.7 Å². The van der Waals surface area contributed by atoms with Gasteiger partial charge >= 0.3 is 11.9 Å². The summed E-state index contributed by atoms with van der Waals surface area (Å²) in [6.07, 6.45) is 0.541. The lowest BCUT2D eigenvalue weighted by Gasteiger charge is -2.16. The molecule has 0 aliphatic carbocycles. The van der Waals surface area contributed by atoms with Crippen molar-refractivity contribution in [2.75, 3.05) is 14.2 Å². The number of nitrogens with one attached hydrogen (secondary N) is 1. The molecule has 2 unspecified atom stereocenters. The Balaban J connectivity index is 0.000000232. The van der Waals surface area contributed by atoms with Crippen LogP contribution in [0.5, 0.6) is 0 Å². The lowest BCUT2D eigenvalue weighted by atomic mass is 10.0. The largest absolute Gasteiger partial charge is 0.465 e. The predicted molar refractivity (Wildman–Crippen MR) is 230 cm³/mol. The molecule has 0 aliphatic rings. The average molecular weight is 771 g/mol. The van der Waals surface area contributed by atoms with Gasteiger partial charge < -0.3 is 14.6 Å². The fourth-order valence-corrected chi connectivity index (χ4v) is 5.80. The van der Waals surface area contributed by atoms with Crippen LogP contribution in [0.25, 0.3) is 44.1 Å².